The summed E-state index contributed by atoms with van der Waals surface area (Å²) in [5, 5.41) is 18.3. The molecule has 0 amide bonds. The number of hydrogen-bond donors (Lipinski definition) is 3. The van der Waals surface area contributed by atoms with Crippen LogP contribution in [0.2, 0.25) is 0 Å². The summed E-state index contributed by atoms with van der Waals surface area (Å²) in [5.41, 5.74) is 5.49. The van der Waals surface area contributed by atoms with Gasteiger partial charge in [0, 0.05) is 0 Å². The Balaban J connectivity index is 3.37. The maximum absolute atomic E-state index is 9.49. The van der Waals surface area contributed by atoms with Gasteiger partial charge in [-0.3, -0.25) is 0 Å². The Bertz CT molecular complexity index is 251. The molecule has 3 heteroatoms. The Kier molecular flexibility index (Phi) is 14.3. The van der Waals surface area contributed by atoms with E-state index in [1.54, 1.807) is 6.08 Å². The van der Waals surface area contributed by atoms with Crippen molar-refractivity contribution in [1.29, 1.82) is 0 Å². The molecule has 0 aromatic carbocycles. The fourth-order valence-electron chi connectivity index (χ4n) is 1.96. The number of unbranched alkanes of at least 4 members (excludes halogenated alkanes) is 7. The Morgan fingerprint density at radius 3 is 2.20 bits per heavy atom. The average molecular weight is 283 g/mol. The van der Waals surface area contributed by atoms with Crippen molar-refractivity contribution >= 4 is 0 Å². The van der Waals surface area contributed by atoms with E-state index in [2.05, 4.69) is 19.1 Å². The van der Waals surface area contributed by atoms with E-state index in [9.17, 15) is 5.11 Å². The van der Waals surface area contributed by atoms with Gasteiger partial charge in [-0.1, -0.05) is 63.3 Å². The second-order valence-corrected chi connectivity index (χ2v) is 5.37. The lowest BCUT2D eigenvalue weighted by Crippen LogP contribution is -2.36. The summed E-state index contributed by atoms with van der Waals surface area (Å²) in [6.07, 6.45) is 18.4. The van der Waals surface area contributed by atoms with Crippen LogP contribution in [0.3, 0.4) is 0 Å². The number of nitrogens with two attached hydrogens (primary N) is 1. The molecule has 0 rings (SSSR count). The second kappa shape index (κ2) is 14.8. The molecule has 2 atom stereocenters. The first-order valence-corrected chi connectivity index (χ1v) is 8.08. The minimum atomic E-state index is -0.743. The first-order valence-electron chi connectivity index (χ1n) is 8.08. The zero-order valence-corrected chi connectivity index (χ0v) is 13.0. The van der Waals surface area contributed by atoms with E-state index in [0.29, 0.717) is 0 Å². The Hall–Kier alpha value is -0.640. The van der Waals surface area contributed by atoms with Gasteiger partial charge in [-0.05, 0) is 25.7 Å². The highest BCUT2D eigenvalue weighted by Crippen LogP contribution is 2.07. The third-order valence-electron chi connectivity index (χ3n) is 3.37. The smallest absolute Gasteiger partial charge is 0.0894 e. The number of rotatable bonds is 13. The van der Waals surface area contributed by atoms with Crippen molar-refractivity contribution < 1.29 is 10.2 Å². The monoisotopic (exact) mass is 283 g/mol. The van der Waals surface area contributed by atoms with Gasteiger partial charge in [0.05, 0.1) is 18.8 Å². The Labute approximate surface area is 124 Å². The van der Waals surface area contributed by atoms with Gasteiger partial charge in [0.25, 0.3) is 0 Å². The van der Waals surface area contributed by atoms with Crippen molar-refractivity contribution in [3.8, 4) is 0 Å². The molecule has 0 heterocycles. The summed E-state index contributed by atoms with van der Waals surface area (Å²) < 4.78 is 0. The van der Waals surface area contributed by atoms with E-state index in [1.807, 2.05) is 6.08 Å². The summed E-state index contributed by atoms with van der Waals surface area (Å²) >= 11 is 0. The molecule has 0 spiro atoms. The standard InChI is InChI=1S/C17H33NO2/c1-2-3-4-5-6-7-8-9-10-11-12-13-14-17(20)16(18)15-19/h9-10,13-14,16-17,19-20H,2-8,11-12,15,18H2,1H3/b10-9+,14-13+/t16-,17+/m0/s1. The molecule has 0 aliphatic rings. The number of aliphatic hydroxyl groups is 2. The average Bonchev–Trinajstić information content (AvgIpc) is 2.47. The van der Waals surface area contributed by atoms with Gasteiger partial charge in [0.2, 0.25) is 0 Å². The first-order chi connectivity index (χ1) is 9.72. The Morgan fingerprint density at radius 2 is 1.50 bits per heavy atom. The molecule has 3 nitrogen and oxygen atoms in total. The first kappa shape index (κ1) is 19.4. The van der Waals surface area contributed by atoms with Crippen LogP contribution in [0.15, 0.2) is 24.3 Å². The maximum atomic E-state index is 9.49. The minimum Gasteiger partial charge on any atom is -0.395 e. The van der Waals surface area contributed by atoms with E-state index in [4.69, 9.17) is 10.8 Å². The van der Waals surface area contributed by atoms with Crippen LogP contribution < -0.4 is 5.73 Å². The van der Waals surface area contributed by atoms with Gasteiger partial charge in [0.15, 0.2) is 0 Å². The summed E-state index contributed by atoms with van der Waals surface area (Å²) in [5.74, 6) is 0. The second-order valence-electron chi connectivity index (χ2n) is 5.37. The van der Waals surface area contributed by atoms with Crippen LogP contribution in [0.1, 0.15) is 64.7 Å². The normalized spacial score (nSPS) is 15.2. The molecule has 0 aliphatic carbocycles. The van der Waals surface area contributed by atoms with Crippen molar-refractivity contribution in [2.45, 2.75) is 76.9 Å². The molecule has 0 aliphatic heterocycles. The quantitative estimate of drug-likeness (QED) is 0.359. The predicted molar refractivity (Wildman–Crippen MR) is 86.6 cm³/mol. The Morgan fingerprint density at radius 1 is 0.900 bits per heavy atom. The molecule has 0 aromatic heterocycles. The third-order valence-corrected chi connectivity index (χ3v) is 3.37. The van der Waals surface area contributed by atoms with Gasteiger partial charge in [-0.15, -0.1) is 0 Å². The van der Waals surface area contributed by atoms with Gasteiger partial charge in [0.1, 0.15) is 0 Å². The zero-order valence-electron chi connectivity index (χ0n) is 13.0. The van der Waals surface area contributed by atoms with Gasteiger partial charge in [-0.2, -0.15) is 0 Å². The van der Waals surface area contributed by atoms with Gasteiger partial charge < -0.3 is 15.9 Å². The summed E-state index contributed by atoms with van der Waals surface area (Å²) in [7, 11) is 0. The zero-order chi connectivity index (χ0) is 15.1. The molecule has 0 unspecified atom stereocenters. The molecular formula is C17H33NO2. The number of aliphatic hydroxyl groups excluding tert-OH is 2. The molecule has 0 saturated heterocycles. The van der Waals surface area contributed by atoms with Crippen LogP contribution in [0, 0.1) is 0 Å². The van der Waals surface area contributed by atoms with Crippen molar-refractivity contribution in [3.63, 3.8) is 0 Å². The van der Waals surface area contributed by atoms with Crippen LogP contribution in [-0.4, -0.2) is 29.0 Å². The highest BCUT2D eigenvalue weighted by molar-refractivity contribution is 4.95. The summed E-state index contributed by atoms with van der Waals surface area (Å²) in [6, 6.07) is -0.575. The molecule has 0 fully saturated rings. The molecule has 4 N–H and O–H groups in total. The van der Waals surface area contributed by atoms with Crippen molar-refractivity contribution in [2.75, 3.05) is 6.61 Å². The molecule has 0 radical (unpaired) electrons. The maximum Gasteiger partial charge on any atom is 0.0894 e. The predicted octanol–water partition coefficient (Wildman–Crippen LogP) is 3.31. The molecule has 0 saturated carbocycles. The fraction of sp³-hybridized carbons (Fsp3) is 0.765. The van der Waals surface area contributed by atoms with Crippen molar-refractivity contribution in [3.05, 3.63) is 24.3 Å². The lowest BCUT2D eigenvalue weighted by molar-refractivity contribution is 0.144. The van der Waals surface area contributed by atoms with Crippen LogP contribution in [0.4, 0.5) is 0 Å². The minimum absolute atomic E-state index is 0.191. The summed E-state index contributed by atoms with van der Waals surface area (Å²) in [4.78, 5) is 0. The lowest BCUT2D eigenvalue weighted by atomic mass is 10.1. The van der Waals surface area contributed by atoms with Crippen LogP contribution >= 0.6 is 0 Å². The highest BCUT2D eigenvalue weighted by Gasteiger charge is 2.08. The largest absolute Gasteiger partial charge is 0.395 e. The number of allylic oxidation sites excluding steroid dienone is 3. The van der Waals surface area contributed by atoms with E-state index >= 15 is 0 Å². The van der Waals surface area contributed by atoms with Crippen molar-refractivity contribution in [2.24, 2.45) is 5.73 Å². The van der Waals surface area contributed by atoms with E-state index in [0.717, 1.165) is 12.8 Å². The SMILES string of the molecule is CCCCCCCC/C=C/CC/C=C/[C@@H](O)[C@@H](N)CO. The van der Waals surface area contributed by atoms with E-state index in [1.165, 1.54) is 44.9 Å². The topological polar surface area (TPSA) is 66.5 Å². The van der Waals surface area contributed by atoms with E-state index < -0.39 is 12.1 Å². The summed E-state index contributed by atoms with van der Waals surface area (Å²) in [6.45, 7) is 2.05. The van der Waals surface area contributed by atoms with Gasteiger partial charge in [-0.25, -0.2) is 0 Å². The van der Waals surface area contributed by atoms with Crippen LogP contribution in [0.25, 0.3) is 0 Å². The van der Waals surface area contributed by atoms with Crippen LogP contribution in [-0.2, 0) is 0 Å². The molecule has 20 heavy (non-hydrogen) atoms. The lowest BCUT2D eigenvalue weighted by Gasteiger charge is -2.11. The fourth-order valence-corrected chi connectivity index (χ4v) is 1.96. The van der Waals surface area contributed by atoms with Crippen LogP contribution in [0.5, 0.6) is 0 Å². The highest BCUT2D eigenvalue weighted by atomic mass is 16.3. The molecular weight excluding hydrogens is 250 g/mol. The van der Waals surface area contributed by atoms with Gasteiger partial charge >= 0.3 is 0 Å². The third kappa shape index (κ3) is 12.4. The van der Waals surface area contributed by atoms with Crippen molar-refractivity contribution in [1.82, 2.24) is 0 Å². The molecule has 0 bridgehead atoms. The van der Waals surface area contributed by atoms with E-state index in [-0.39, 0.29) is 6.61 Å². The number of hydrogen-bond acceptors (Lipinski definition) is 3. The molecule has 0 aromatic rings. The molecule has 118 valence electrons.